The molecule has 2 heteroatoms. The Balaban J connectivity index is 1.53. The summed E-state index contributed by atoms with van der Waals surface area (Å²) < 4.78 is 5.10. The van der Waals surface area contributed by atoms with Crippen molar-refractivity contribution in [3.63, 3.8) is 0 Å². The van der Waals surface area contributed by atoms with E-state index in [4.69, 9.17) is 4.74 Å². The highest BCUT2D eigenvalue weighted by Gasteiger charge is 2.05. The summed E-state index contributed by atoms with van der Waals surface area (Å²) in [7, 11) is 1.64. The Labute approximate surface area is 133 Å². The molecule has 0 saturated carbocycles. The Morgan fingerprint density at radius 1 is 1.05 bits per heavy atom. The molecule has 1 aliphatic carbocycles. The SMILES string of the molecule is COc1ccc(C(=O)CCCCCCCC2=CC=CC2)cc1. The van der Waals surface area contributed by atoms with E-state index in [1.165, 1.54) is 25.7 Å². The van der Waals surface area contributed by atoms with Crippen LogP contribution in [-0.2, 0) is 0 Å². The fourth-order valence-electron chi connectivity index (χ4n) is 2.77. The second kappa shape index (κ2) is 9.24. The smallest absolute Gasteiger partial charge is 0.162 e. The lowest BCUT2D eigenvalue weighted by atomic mass is 10.0. The van der Waals surface area contributed by atoms with Crippen molar-refractivity contribution >= 4 is 5.78 Å². The van der Waals surface area contributed by atoms with Gasteiger partial charge in [-0.05, 0) is 49.9 Å². The molecule has 1 aliphatic rings. The van der Waals surface area contributed by atoms with Gasteiger partial charge in [0.1, 0.15) is 5.75 Å². The number of hydrogen-bond donors (Lipinski definition) is 0. The third-order valence-corrected chi connectivity index (χ3v) is 4.16. The zero-order chi connectivity index (χ0) is 15.6. The van der Waals surface area contributed by atoms with Gasteiger partial charge in [0.05, 0.1) is 7.11 Å². The topological polar surface area (TPSA) is 26.3 Å². The molecule has 1 aromatic rings. The van der Waals surface area contributed by atoms with Crippen LogP contribution >= 0.6 is 0 Å². The lowest BCUT2D eigenvalue weighted by Crippen LogP contribution is -1.98. The van der Waals surface area contributed by atoms with Crippen LogP contribution in [0.25, 0.3) is 0 Å². The first-order valence-corrected chi connectivity index (χ1v) is 8.31. The van der Waals surface area contributed by atoms with Crippen molar-refractivity contribution in [1.29, 1.82) is 0 Å². The quantitative estimate of drug-likeness (QED) is 0.421. The number of carbonyl (C=O) groups is 1. The molecular weight excluding hydrogens is 272 g/mol. The van der Waals surface area contributed by atoms with Crippen LogP contribution in [0.4, 0.5) is 0 Å². The maximum Gasteiger partial charge on any atom is 0.162 e. The lowest BCUT2D eigenvalue weighted by Gasteiger charge is -2.04. The highest BCUT2D eigenvalue weighted by atomic mass is 16.5. The second-order valence-corrected chi connectivity index (χ2v) is 5.88. The number of allylic oxidation sites excluding steroid dienone is 4. The normalized spacial score (nSPS) is 13.2. The number of benzene rings is 1. The Morgan fingerprint density at radius 3 is 2.45 bits per heavy atom. The average molecular weight is 298 g/mol. The van der Waals surface area contributed by atoms with Crippen LogP contribution in [0.5, 0.6) is 5.75 Å². The molecular formula is C20H26O2. The fraction of sp³-hybridized carbons (Fsp3) is 0.450. The number of methoxy groups -OCH3 is 1. The predicted molar refractivity (Wildman–Crippen MR) is 91.5 cm³/mol. The Bertz CT molecular complexity index is 523. The molecule has 0 radical (unpaired) electrons. The minimum atomic E-state index is 0.241. The fourth-order valence-corrected chi connectivity index (χ4v) is 2.77. The molecule has 0 atom stereocenters. The van der Waals surface area contributed by atoms with E-state index in [1.54, 1.807) is 12.7 Å². The highest BCUT2D eigenvalue weighted by molar-refractivity contribution is 5.96. The summed E-state index contributed by atoms with van der Waals surface area (Å²) in [5, 5.41) is 0. The molecule has 0 heterocycles. The van der Waals surface area contributed by atoms with Crippen molar-refractivity contribution in [3.8, 4) is 5.75 Å². The number of carbonyl (C=O) groups excluding carboxylic acids is 1. The van der Waals surface area contributed by atoms with Crippen molar-refractivity contribution in [1.82, 2.24) is 0 Å². The van der Waals surface area contributed by atoms with Gasteiger partial charge in [0.15, 0.2) is 5.78 Å². The Kier molecular flexibility index (Phi) is 6.95. The molecule has 1 aromatic carbocycles. The molecule has 22 heavy (non-hydrogen) atoms. The van der Waals surface area contributed by atoms with E-state index >= 15 is 0 Å². The molecule has 0 N–H and O–H groups in total. The minimum absolute atomic E-state index is 0.241. The number of hydrogen-bond acceptors (Lipinski definition) is 2. The van der Waals surface area contributed by atoms with Crippen LogP contribution < -0.4 is 4.74 Å². The summed E-state index contributed by atoms with van der Waals surface area (Å²) in [5.74, 6) is 1.04. The van der Waals surface area contributed by atoms with Gasteiger partial charge in [0.2, 0.25) is 0 Å². The summed E-state index contributed by atoms with van der Waals surface area (Å²) in [6, 6.07) is 7.40. The molecule has 118 valence electrons. The first kappa shape index (κ1) is 16.5. The van der Waals surface area contributed by atoms with E-state index in [1.807, 2.05) is 24.3 Å². The average Bonchev–Trinajstić information content (AvgIpc) is 3.07. The molecule has 0 aromatic heterocycles. The summed E-state index contributed by atoms with van der Waals surface area (Å²) in [6.45, 7) is 0. The van der Waals surface area contributed by atoms with Gasteiger partial charge in [-0.2, -0.15) is 0 Å². The number of ketones is 1. The van der Waals surface area contributed by atoms with Crippen LogP contribution in [0.15, 0.2) is 48.1 Å². The zero-order valence-corrected chi connectivity index (χ0v) is 13.5. The monoisotopic (exact) mass is 298 g/mol. The van der Waals surface area contributed by atoms with Gasteiger partial charge in [0, 0.05) is 12.0 Å². The standard InChI is InChI=1S/C20H26O2/c1-22-19-15-13-18(14-16-19)20(21)12-6-4-2-3-5-9-17-10-7-8-11-17/h7-8,10,13-16H,2-6,9,11-12H2,1H3. The van der Waals surface area contributed by atoms with Crippen LogP contribution in [0, 0.1) is 0 Å². The summed E-state index contributed by atoms with van der Waals surface area (Å²) >= 11 is 0. The van der Waals surface area contributed by atoms with Gasteiger partial charge in [0.25, 0.3) is 0 Å². The largest absolute Gasteiger partial charge is 0.497 e. The number of ether oxygens (including phenoxy) is 1. The van der Waals surface area contributed by atoms with E-state index in [0.29, 0.717) is 6.42 Å². The van der Waals surface area contributed by atoms with Crippen molar-refractivity contribution in [2.24, 2.45) is 0 Å². The number of rotatable bonds is 10. The molecule has 0 unspecified atom stereocenters. The maximum atomic E-state index is 12.1. The van der Waals surface area contributed by atoms with Gasteiger partial charge < -0.3 is 4.74 Å². The van der Waals surface area contributed by atoms with Gasteiger partial charge >= 0.3 is 0 Å². The van der Waals surface area contributed by atoms with Crippen molar-refractivity contribution < 1.29 is 9.53 Å². The third kappa shape index (κ3) is 5.51. The van der Waals surface area contributed by atoms with Crippen LogP contribution in [0.2, 0.25) is 0 Å². The minimum Gasteiger partial charge on any atom is -0.497 e. The number of Topliss-reactive ketones (excluding diaryl/α,β-unsaturated/α-hetero) is 1. The summed E-state index contributed by atoms with van der Waals surface area (Å²) in [6.07, 6.45) is 15.6. The Morgan fingerprint density at radius 2 is 1.77 bits per heavy atom. The van der Waals surface area contributed by atoms with Gasteiger partial charge in [-0.1, -0.05) is 43.1 Å². The van der Waals surface area contributed by atoms with Gasteiger partial charge in [-0.25, -0.2) is 0 Å². The molecule has 0 aliphatic heterocycles. The first-order valence-electron chi connectivity index (χ1n) is 8.31. The van der Waals surface area contributed by atoms with Crippen LogP contribution in [-0.4, -0.2) is 12.9 Å². The predicted octanol–water partition coefficient (Wildman–Crippen LogP) is 5.49. The molecule has 0 bridgehead atoms. The zero-order valence-electron chi connectivity index (χ0n) is 13.5. The van der Waals surface area contributed by atoms with E-state index in [2.05, 4.69) is 18.2 Å². The summed E-state index contributed by atoms with van der Waals surface area (Å²) in [4.78, 5) is 12.1. The molecule has 0 fully saturated rings. The maximum absolute atomic E-state index is 12.1. The van der Waals surface area contributed by atoms with Gasteiger partial charge in [-0.3, -0.25) is 4.79 Å². The first-order chi connectivity index (χ1) is 10.8. The third-order valence-electron chi connectivity index (χ3n) is 4.16. The highest BCUT2D eigenvalue weighted by Crippen LogP contribution is 2.19. The van der Waals surface area contributed by atoms with E-state index in [9.17, 15) is 4.79 Å². The molecule has 0 amide bonds. The van der Waals surface area contributed by atoms with Crippen LogP contribution in [0.3, 0.4) is 0 Å². The Hall–Kier alpha value is -1.83. The molecule has 0 saturated heterocycles. The van der Waals surface area contributed by atoms with Crippen LogP contribution in [0.1, 0.15) is 61.7 Å². The van der Waals surface area contributed by atoms with Crippen molar-refractivity contribution in [3.05, 3.63) is 53.6 Å². The van der Waals surface area contributed by atoms with Gasteiger partial charge in [-0.15, -0.1) is 0 Å². The summed E-state index contributed by atoms with van der Waals surface area (Å²) in [5.41, 5.74) is 2.36. The van der Waals surface area contributed by atoms with E-state index in [-0.39, 0.29) is 5.78 Å². The molecule has 2 rings (SSSR count). The van der Waals surface area contributed by atoms with E-state index in [0.717, 1.165) is 30.6 Å². The second-order valence-electron chi connectivity index (χ2n) is 5.88. The van der Waals surface area contributed by atoms with Crippen molar-refractivity contribution in [2.45, 2.75) is 51.4 Å². The molecule has 2 nitrogen and oxygen atoms in total. The number of unbranched alkanes of at least 4 members (excludes halogenated alkanes) is 4. The van der Waals surface area contributed by atoms with Crippen molar-refractivity contribution in [2.75, 3.05) is 7.11 Å². The lowest BCUT2D eigenvalue weighted by molar-refractivity contribution is 0.0979. The molecule has 0 spiro atoms. The van der Waals surface area contributed by atoms with E-state index < -0.39 is 0 Å².